The van der Waals surface area contributed by atoms with Crippen molar-refractivity contribution in [2.45, 2.75) is 57.2 Å². The maximum absolute atomic E-state index is 13.2. The van der Waals surface area contributed by atoms with E-state index in [1.54, 1.807) is 26.9 Å². The van der Waals surface area contributed by atoms with E-state index in [1.165, 1.54) is 0 Å². The average Bonchev–Trinajstić information content (AvgIpc) is 2.73. The van der Waals surface area contributed by atoms with Gasteiger partial charge in [-0.2, -0.15) is 0 Å². The van der Waals surface area contributed by atoms with Gasteiger partial charge in [0.15, 0.2) is 0 Å². The van der Waals surface area contributed by atoms with Crippen LogP contribution < -0.4 is 5.32 Å². The minimum absolute atomic E-state index is 0.0570. The zero-order valence-corrected chi connectivity index (χ0v) is 19.2. The second kappa shape index (κ2) is 10.3. The molecule has 0 radical (unpaired) electrons. The zero-order valence-electron chi connectivity index (χ0n) is 18.5. The summed E-state index contributed by atoms with van der Waals surface area (Å²) in [4.78, 5) is 42.6. The Labute approximate surface area is 189 Å². The fourth-order valence-electron chi connectivity index (χ4n) is 4.24. The summed E-state index contributed by atoms with van der Waals surface area (Å²) < 4.78 is 0. The largest absolute Gasteiger partial charge is 0.337 e. The lowest BCUT2D eigenvalue weighted by molar-refractivity contribution is -0.187. The summed E-state index contributed by atoms with van der Waals surface area (Å²) >= 11 is 6.12. The molecule has 2 saturated heterocycles. The molecule has 2 fully saturated rings. The summed E-state index contributed by atoms with van der Waals surface area (Å²) in [5.41, 5.74) is 0.990. The molecule has 0 aliphatic carbocycles. The topological polar surface area (TPSA) is 76.2 Å². The maximum Gasteiger partial charge on any atom is 0.334 e. The molecule has 170 valence electrons. The number of alkyl halides is 1. The quantitative estimate of drug-likeness (QED) is 0.648. The van der Waals surface area contributed by atoms with Crippen LogP contribution in [0, 0.1) is 0 Å². The molecule has 2 heterocycles. The van der Waals surface area contributed by atoms with E-state index in [4.69, 9.17) is 11.6 Å². The number of hydrogen-bond acceptors (Lipinski definition) is 4. The number of urea groups is 1. The third-order valence-corrected chi connectivity index (χ3v) is 6.01. The fraction of sp³-hybridized carbons (Fsp3) is 0.591. The SMILES string of the molecule is CCC[C@H]1C(=O)N(CCC(C)Cl)C[C@H]2N1C(=O)CN(C)N2C(=O)NCc1ccccc1. The van der Waals surface area contributed by atoms with Gasteiger partial charge in [0.1, 0.15) is 12.2 Å². The standard InChI is InChI=1S/C22H32ClN5O3/c1-4-8-18-21(30)26(12-11-16(2)23)14-19-27(18)20(29)15-25(3)28(19)22(31)24-13-17-9-6-5-7-10-17/h5-7,9-10,16,18-19H,4,8,11-15H2,1-3H3,(H,24,31)/t16?,18-,19-/m0/s1. The molecule has 31 heavy (non-hydrogen) atoms. The van der Waals surface area contributed by atoms with E-state index < -0.39 is 12.2 Å². The van der Waals surface area contributed by atoms with Crippen molar-refractivity contribution >= 4 is 29.4 Å². The number of nitrogens with zero attached hydrogens (tertiary/aromatic N) is 4. The average molecular weight is 450 g/mol. The predicted molar refractivity (Wildman–Crippen MR) is 119 cm³/mol. The van der Waals surface area contributed by atoms with Crippen LogP contribution in [-0.4, -0.2) is 81.9 Å². The summed E-state index contributed by atoms with van der Waals surface area (Å²) in [6.45, 7) is 5.11. The molecule has 0 bridgehead atoms. The first kappa shape index (κ1) is 23.3. The molecule has 0 aromatic heterocycles. The summed E-state index contributed by atoms with van der Waals surface area (Å²) in [7, 11) is 1.73. The number of halogens is 1. The Bertz CT molecular complexity index is 791. The van der Waals surface area contributed by atoms with Crippen molar-refractivity contribution in [1.29, 1.82) is 0 Å². The number of benzene rings is 1. The van der Waals surface area contributed by atoms with E-state index in [2.05, 4.69) is 5.32 Å². The molecule has 1 unspecified atom stereocenters. The summed E-state index contributed by atoms with van der Waals surface area (Å²) in [6, 6.07) is 8.82. The van der Waals surface area contributed by atoms with Crippen LogP contribution in [0.1, 0.15) is 38.7 Å². The number of fused-ring (bicyclic) bond motifs is 1. The molecule has 1 N–H and O–H groups in total. The summed E-state index contributed by atoms with van der Waals surface area (Å²) in [5, 5.41) is 6.12. The Morgan fingerprint density at radius 1 is 1.26 bits per heavy atom. The molecule has 9 heteroatoms. The van der Waals surface area contributed by atoms with Crippen molar-refractivity contribution in [3.63, 3.8) is 0 Å². The normalized spacial score (nSPS) is 23.0. The van der Waals surface area contributed by atoms with Crippen molar-refractivity contribution in [3.05, 3.63) is 35.9 Å². The maximum atomic E-state index is 13.2. The van der Waals surface area contributed by atoms with Gasteiger partial charge in [0.25, 0.3) is 0 Å². The highest BCUT2D eigenvalue weighted by atomic mass is 35.5. The van der Waals surface area contributed by atoms with E-state index in [1.807, 2.05) is 44.2 Å². The Balaban J connectivity index is 1.82. The van der Waals surface area contributed by atoms with Gasteiger partial charge in [-0.1, -0.05) is 43.7 Å². The van der Waals surface area contributed by atoms with Gasteiger partial charge in [0.2, 0.25) is 11.8 Å². The number of likely N-dealkylation sites (N-methyl/N-ethyl adjacent to an activating group) is 1. The van der Waals surface area contributed by atoms with Gasteiger partial charge >= 0.3 is 6.03 Å². The van der Waals surface area contributed by atoms with Gasteiger partial charge in [-0.25, -0.2) is 14.8 Å². The fourth-order valence-corrected chi connectivity index (χ4v) is 4.34. The van der Waals surface area contributed by atoms with Crippen LogP contribution in [0.3, 0.4) is 0 Å². The van der Waals surface area contributed by atoms with Gasteiger partial charge in [0, 0.05) is 25.5 Å². The van der Waals surface area contributed by atoms with Gasteiger partial charge < -0.3 is 15.1 Å². The third kappa shape index (κ3) is 5.30. The molecule has 1 aromatic rings. The first-order valence-electron chi connectivity index (χ1n) is 10.9. The van der Waals surface area contributed by atoms with Gasteiger partial charge in [-0.3, -0.25) is 9.59 Å². The monoisotopic (exact) mass is 449 g/mol. The second-order valence-electron chi connectivity index (χ2n) is 8.24. The highest BCUT2D eigenvalue weighted by Crippen LogP contribution is 2.28. The van der Waals surface area contributed by atoms with E-state index in [0.717, 1.165) is 12.0 Å². The lowest BCUT2D eigenvalue weighted by atomic mass is 10.0. The van der Waals surface area contributed by atoms with Gasteiger partial charge in [-0.15, -0.1) is 11.6 Å². The van der Waals surface area contributed by atoms with E-state index >= 15 is 0 Å². The van der Waals surface area contributed by atoms with Crippen LogP contribution in [-0.2, 0) is 16.1 Å². The molecule has 8 nitrogen and oxygen atoms in total. The number of hydrogen-bond donors (Lipinski definition) is 1. The molecule has 3 rings (SSSR count). The highest BCUT2D eigenvalue weighted by molar-refractivity contribution is 6.20. The Hall–Kier alpha value is -2.32. The van der Waals surface area contributed by atoms with Crippen molar-refractivity contribution in [2.75, 3.05) is 26.7 Å². The molecule has 3 atom stereocenters. The number of nitrogens with one attached hydrogen (secondary N) is 1. The first-order chi connectivity index (χ1) is 14.8. The molecule has 0 saturated carbocycles. The van der Waals surface area contributed by atoms with Crippen LogP contribution in [0.5, 0.6) is 0 Å². The lowest BCUT2D eigenvalue weighted by Crippen LogP contribution is -2.76. The van der Waals surface area contributed by atoms with Gasteiger partial charge in [0.05, 0.1) is 13.1 Å². The molecule has 4 amide bonds. The molecule has 1 aromatic carbocycles. The van der Waals surface area contributed by atoms with Crippen molar-refractivity contribution in [3.8, 4) is 0 Å². The number of piperazine rings is 1. The molecular formula is C22H32ClN5O3. The van der Waals surface area contributed by atoms with Crippen LogP contribution >= 0.6 is 11.6 Å². The zero-order chi connectivity index (χ0) is 22.5. The molecular weight excluding hydrogens is 418 g/mol. The van der Waals surface area contributed by atoms with Crippen LogP contribution in [0.2, 0.25) is 0 Å². The van der Waals surface area contributed by atoms with Crippen molar-refractivity contribution in [1.82, 2.24) is 25.1 Å². The first-order valence-corrected chi connectivity index (χ1v) is 11.3. The highest BCUT2D eigenvalue weighted by Gasteiger charge is 2.50. The number of carbonyl (C=O) groups is 3. The Morgan fingerprint density at radius 3 is 2.61 bits per heavy atom. The predicted octanol–water partition coefficient (Wildman–Crippen LogP) is 2.24. The Morgan fingerprint density at radius 2 is 1.97 bits per heavy atom. The van der Waals surface area contributed by atoms with E-state index in [-0.39, 0.29) is 36.3 Å². The summed E-state index contributed by atoms with van der Waals surface area (Å²) in [5.74, 6) is -0.185. The number of carbonyl (C=O) groups excluding carboxylic acids is 3. The summed E-state index contributed by atoms with van der Waals surface area (Å²) in [6.07, 6.45) is 1.45. The smallest absolute Gasteiger partial charge is 0.334 e. The lowest BCUT2D eigenvalue weighted by Gasteiger charge is -2.54. The molecule has 2 aliphatic rings. The molecule has 2 aliphatic heterocycles. The van der Waals surface area contributed by atoms with Crippen LogP contribution in [0.15, 0.2) is 30.3 Å². The van der Waals surface area contributed by atoms with Crippen molar-refractivity contribution in [2.24, 2.45) is 0 Å². The van der Waals surface area contributed by atoms with Gasteiger partial charge in [-0.05, 0) is 25.3 Å². The minimum atomic E-state index is -0.556. The minimum Gasteiger partial charge on any atom is -0.337 e. The second-order valence-corrected chi connectivity index (χ2v) is 8.99. The number of hydrazine groups is 1. The third-order valence-electron chi connectivity index (χ3n) is 5.79. The number of rotatable bonds is 7. The van der Waals surface area contributed by atoms with Crippen molar-refractivity contribution < 1.29 is 14.4 Å². The van der Waals surface area contributed by atoms with Crippen LogP contribution in [0.4, 0.5) is 4.79 Å². The Kier molecular flexibility index (Phi) is 7.78. The van der Waals surface area contributed by atoms with E-state index in [0.29, 0.717) is 25.9 Å². The van der Waals surface area contributed by atoms with E-state index in [9.17, 15) is 14.4 Å². The molecule has 0 spiro atoms. The number of amides is 4. The van der Waals surface area contributed by atoms with Crippen LogP contribution in [0.25, 0.3) is 0 Å².